The van der Waals surface area contributed by atoms with E-state index in [1.54, 1.807) is 26.0 Å². The summed E-state index contributed by atoms with van der Waals surface area (Å²) < 4.78 is 0. The van der Waals surface area contributed by atoms with Gasteiger partial charge in [-0.1, -0.05) is 18.5 Å². The third-order valence-corrected chi connectivity index (χ3v) is 3.45. The van der Waals surface area contributed by atoms with E-state index in [-0.39, 0.29) is 12.1 Å². The number of halogens is 1. The predicted octanol–water partition coefficient (Wildman–Crippen LogP) is 2.35. The number of carbonyl (C=O) groups excluding carboxylic acids is 1. The fraction of sp³-hybridized carbons (Fsp3) is 0.385. The maximum absolute atomic E-state index is 11.3. The number of carboxylic acids is 1. The van der Waals surface area contributed by atoms with E-state index in [1.807, 2.05) is 0 Å². The number of aliphatic carboxylic acids is 1. The molecule has 0 aromatic heterocycles. The SMILES string of the molecule is CCC(C)(CNc1cc(Cl)ccc1C(N)=O)C(=O)O. The number of nitrogens with two attached hydrogens (primary N) is 1. The Kier molecular flexibility index (Phi) is 4.78. The van der Waals surface area contributed by atoms with Crippen molar-refractivity contribution in [2.24, 2.45) is 11.1 Å². The van der Waals surface area contributed by atoms with Crippen molar-refractivity contribution in [3.8, 4) is 0 Å². The first-order chi connectivity index (χ1) is 8.80. The van der Waals surface area contributed by atoms with Crippen molar-refractivity contribution < 1.29 is 14.7 Å². The number of nitrogens with one attached hydrogen (secondary N) is 1. The molecule has 1 atom stereocenters. The minimum atomic E-state index is -0.919. The monoisotopic (exact) mass is 284 g/mol. The van der Waals surface area contributed by atoms with Crippen LogP contribution in [0.1, 0.15) is 30.6 Å². The zero-order valence-corrected chi connectivity index (χ0v) is 11.6. The van der Waals surface area contributed by atoms with Crippen LogP contribution in [0.3, 0.4) is 0 Å². The topological polar surface area (TPSA) is 92.4 Å². The molecule has 0 aliphatic carbocycles. The van der Waals surface area contributed by atoms with Crippen molar-refractivity contribution in [1.29, 1.82) is 0 Å². The number of hydrogen-bond acceptors (Lipinski definition) is 3. The lowest BCUT2D eigenvalue weighted by molar-refractivity contribution is -0.147. The van der Waals surface area contributed by atoms with E-state index in [0.717, 1.165) is 0 Å². The summed E-state index contributed by atoms with van der Waals surface area (Å²) in [7, 11) is 0. The lowest BCUT2D eigenvalue weighted by Gasteiger charge is -2.24. The molecule has 0 bridgehead atoms. The Morgan fingerprint density at radius 3 is 2.58 bits per heavy atom. The van der Waals surface area contributed by atoms with Gasteiger partial charge in [-0.05, 0) is 31.5 Å². The fourth-order valence-corrected chi connectivity index (χ4v) is 1.69. The molecule has 19 heavy (non-hydrogen) atoms. The van der Waals surface area contributed by atoms with Crippen LogP contribution in [0.4, 0.5) is 5.69 Å². The summed E-state index contributed by atoms with van der Waals surface area (Å²) in [5.74, 6) is -1.49. The van der Waals surface area contributed by atoms with Gasteiger partial charge < -0.3 is 16.2 Å². The van der Waals surface area contributed by atoms with Crippen molar-refractivity contribution >= 4 is 29.2 Å². The highest BCUT2D eigenvalue weighted by Crippen LogP contribution is 2.25. The molecule has 0 saturated heterocycles. The third kappa shape index (κ3) is 3.61. The largest absolute Gasteiger partial charge is 0.481 e. The summed E-state index contributed by atoms with van der Waals surface area (Å²) in [5.41, 5.74) is 5.07. The summed E-state index contributed by atoms with van der Waals surface area (Å²) in [4.78, 5) is 22.5. The summed E-state index contributed by atoms with van der Waals surface area (Å²) in [5, 5.41) is 12.6. The van der Waals surface area contributed by atoms with E-state index >= 15 is 0 Å². The van der Waals surface area contributed by atoms with Crippen molar-refractivity contribution in [3.63, 3.8) is 0 Å². The minimum absolute atomic E-state index is 0.180. The molecule has 0 aliphatic heterocycles. The standard InChI is InChI=1S/C13H17ClN2O3/c1-3-13(2,12(18)19)7-16-10-6-8(14)4-5-9(10)11(15)17/h4-6,16H,3,7H2,1-2H3,(H2,15,17)(H,18,19). The number of primary amides is 1. The van der Waals surface area contributed by atoms with Crippen LogP contribution < -0.4 is 11.1 Å². The molecular weight excluding hydrogens is 268 g/mol. The number of hydrogen-bond donors (Lipinski definition) is 3. The van der Waals surface area contributed by atoms with Gasteiger partial charge >= 0.3 is 5.97 Å². The van der Waals surface area contributed by atoms with Crippen LogP contribution in [0.25, 0.3) is 0 Å². The van der Waals surface area contributed by atoms with Crippen LogP contribution in [-0.2, 0) is 4.79 Å². The van der Waals surface area contributed by atoms with Crippen LogP contribution in [-0.4, -0.2) is 23.5 Å². The Hall–Kier alpha value is -1.75. The average molecular weight is 285 g/mol. The molecule has 1 rings (SSSR count). The Morgan fingerprint density at radius 2 is 2.11 bits per heavy atom. The first-order valence-corrected chi connectivity index (χ1v) is 6.24. The molecule has 1 unspecified atom stereocenters. The highest BCUT2D eigenvalue weighted by Gasteiger charge is 2.31. The Balaban J connectivity index is 2.97. The molecule has 1 amide bonds. The lowest BCUT2D eigenvalue weighted by Crippen LogP contribution is -2.34. The van der Waals surface area contributed by atoms with Gasteiger partial charge in [-0.25, -0.2) is 0 Å². The normalized spacial score (nSPS) is 13.6. The molecule has 1 aromatic carbocycles. The van der Waals surface area contributed by atoms with Crippen molar-refractivity contribution in [2.75, 3.05) is 11.9 Å². The summed E-state index contributed by atoms with van der Waals surface area (Å²) in [6.45, 7) is 3.61. The van der Waals surface area contributed by atoms with Crippen molar-refractivity contribution in [3.05, 3.63) is 28.8 Å². The van der Waals surface area contributed by atoms with Gasteiger partial charge in [0.2, 0.25) is 0 Å². The van der Waals surface area contributed by atoms with Gasteiger partial charge in [-0.3, -0.25) is 9.59 Å². The van der Waals surface area contributed by atoms with Crippen LogP contribution >= 0.6 is 11.6 Å². The molecule has 5 nitrogen and oxygen atoms in total. The first kappa shape index (κ1) is 15.3. The zero-order chi connectivity index (χ0) is 14.6. The van der Waals surface area contributed by atoms with E-state index in [0.29, 0.717) is 17.1 Å². The van der Waals surface area contributed by atoms with Gasteiger partial charge in [-0.2, -0.15) is 0 Å². The first-order valence-electron chi connectivity index (χ1n) is 5.87. The summed E-state index contributed by atoms with van der Waals surface area (Å²) in [6, 6.07) is 4.62. The van der Waals surface area contributed by atoms with Crippen LogP contribution in [0, 0.1) is 5.41 Å². The maximum Gasteiger partial charge on any atom is 0.311 e. The molecule has 0 radical (unpaired) electrons. The molecule has 0 heterocycles. The lowest BCUT2D eigenvalue weighted by atomic mass is 9.87. The molecular formula is C13H17ClN2O3. The fourth-order valence-electron chi connectivity index (χ4n) is 1.52. The number of rotatable bonds is 6. The van der Waals surface area contributed by atoms with Gasteiger partial charge in [0.25, 0.3) is 5.91 Å². The van der Waals surface area contributed by atoms with E-state index < -0.39 is 17.3 Å². The van der Waals surface area contributed by atoms with Crippen molar-refractivity contribution in [1.82, 2.24) is 0 Å². The Bertz CT molecular complexity index is 505. The van der Waals surface area contributed by atoms with Crippen molar-refractivity contribution in [2.45, 2.75) is 20.3 Å². The van der Waals surface area contributed by atoms with Crippen LogP contribution in [0.15, 0.2) is 18.2 Å². The van der Waals surface area contributed by atoms with Crippen LogP contribution in [0.5, 0.6) is 0 Å². The molecule has 4 N–H and O–H groups in total. The summed E-state index contributed by atoms with van der Waals surface area (Å²) >= 11 is 5.86. The smallest absolute Gasteiger partial charge is 0.311 e. The predicted molar refractivity (Wildman–Crippen MR) is 74.5 cm³/mol. The Labute approximate surface area is 116 Å². The quantitative estimate of drug-likeness (QED) is 0.747. The molecule has 0 fully saturated rings. The van der Waals surface area contributed by atoms with E-state index in [2.05, 4.69) is 5.32 Å². The number of anilines is 1. The molecule has 104 valence electrons. The summed E-state index contributed by atoms with van der Waals surface area (Å²) in [6.07, 6.45) is 0.460. The van der Waals surface area contributed by atoms with Gasteiger partial charge in [0.05, 0.1) is 11.0 Å². The maximum atomic E-state index is 11.3. The zero-order valence-electron chi connectivity index (χ0n) is 10.9. The number of amides is 1. The third-order valence-electron chi connectivity index (χ3n) is 3.21. The molecule has 0 spiro atoms. The number of carboxylic acid groups (broad SMARTS) is 1. The van der Waals surface area contributed by atoms with E-state index in [4.69, 9.17) is 17.3 Å². The molecule has 0 saturated carbocycles. The Morgan fingerprint density at radius 1 is 1.47 bits per heavy atom. The van der Waals surface area contributed by atoms with Crippen LogP contribution in [0.2, 0.25) is 5.02 Å². The molecule has 1 aromatic rings. The highest BCUT2D eigenvalue weighted by atomic mass is 35.5. The van der Waals surface area contributed by atoms with E-state index in [9.17, 15) is 14.7 Å². The second kappa shape index (κ2) is 5.93. The molecule has 0 aliphatic rings. The highest BCUT2D eigenvalue weighted by molar-refractivity contribution is 6.31. The van der Waals surface area contributed by atoms with E-state index in [1.165, 1.54) is 6.07 Å². The second-order valence-corrected chi connectivity index (χ2v) is 5.06. The average Bonchev–Trinajstić information content (AvgIpc) is 2.35. The van der Waals surface area contributed by atoms with Gasteiger partial charge in [0.1, 0.15) is 0 Å². The van der Waals surface area contributed by atoms with Gasteiger partial charge in [0, 0.05) is 17.3 Å². The molecule has 6 heteroatoms. The van der Waals surface area contributed by atoms with Gasteiger partial charge in [-0.15, -0.1) is 0 Å². The number of carbonyl (C=O) groups is 2. The number of benzene rings is 1. The van der Waals surface area contributed by atoms with Gasteiger partial charge in [0.15, 0.2) is 0 Å². The minimum Gasteiger partial charge on any atom is -0.481 e. The second-order valence-electron chi connectivity index (χ2n) is 4.63.